The molecule has 0 heteroatoms. The molecule has 0 aliphatic carbocycles. The average molecular weight is 244 g/mol. The summed E-state index contributed by atoms with van der Waals surface area (Å²) < 4.78 is 0. The minimum Gasteiger partial charge on any atom is -0.103 e. The zero-order valence-electron chi connectivity index (χ0n) is 12.7. The van der Waals surface area contributed by atoms with Crippen LogP contribution in [-0.4, -0.2) is 0 Å². The first-order valence-electron chi connectivity index (χ1n) is 6.68. The van der Waals surface area contributed by atoms with E-state index in [2.05, 4.69) is 50.4 Å². The molecule has 0 nitrogen and oxygen atoms in total. The first-order chi connectivity index (χ1) is 8.73. The summed E-state index contributed by atoms with van der Waals surface area (Å²) in [7, 11) is 0. The van der Waals surface area contributed by atoms with Crippen LogP contribution in [0.25, 0.3) is 5.57 Å². The molecule has 1 aromatic rings. The van der Waals surface area contributed by atoms with Gasteiger partial charge in [0.15, 0.2) is 0 Å². The standard InChI is InChI=1S/C13H16.C3H6.C2H6/c1-4-11-8-7-9-13(10-11)12(5-2)6-3;1-3-2;1-2/h5-10H,2,4H2,1,3H3;3H,1H2,2H3;1-2H3/b12-6+;;. The lowest BCUT2D eigenvalue weighted by Gasteiger charge is -2.03. The van der Waals surface area contributed by atoms with Crippen LogP contribution in [0.5, 0.6) is 0 Å². The summed E-state index contributed by atoms with van der Waals surface area (Å²) in [4.78, 5) is 0. The molecule has 0 saturated heterocycles. The fourth-order valence-corrected chi connectivity index (χ4v) is 1.37. The number of benzene rings is 1. The molecule has 0 amide bonds. The van der Waals surface area contributed by atoms with Gasteiger partial charge in [-0.15, -0.1) is 6.58 Å². The zero-order valence-corrected chi connectivity index (χ0v) is 12.7. The molecule has 0 saturated carbocycles. The van der Waals surface area contributed by atoms with Gasteiger partial charge in [-0.25, -0.2) is 0 Å². The van der Waals surface area contributed by atoms with Crippen molar-refractivity contribution in [2.24, 2.45) is 0 Å². The van der Waals surface area contributed by atoms with Crippen LogP contribution in [0.15, 0.2) is 55.7 Å². The molecule has 1 aromatic carbocycles. The minimum absolute atomic E-state index is 1.09. The molecule has 0 fully saturated rings. The van der Waals surface area contributed by atoms with Crippen molar-refractivity contribution in [3.63, 3.8) is 0 Å². The van der Waals surface area contributed by atoms with Crippen molar-refractivity contribution >= 4 is 5.57 Å². The van der Waals surface area contributed by atoms with Gasteiger partial charge in [-0.2, -0.15) is 0 Å². The summed E-state index contributed by atoms with van der Waals surface area (Å²) in [6, 6.07) is 8.59. The van der Waals surface area contributed by atoms with E-state index in [0.717, 1.165) is 6.42 Å². The van der Waals surface area contributed by atoms with Crippen molar-refractivity contribution in [3.05, 3.63) is 66.8 Å². The molecule has 0 N–H and O–H groups in total. The molecule has 0 unspecified atom stereocenters. The molecular formula is C18H28. The maximum Gasteiger partial charge on any atom is -0.0185 e. The maximum atomic E-state index is 3.80. The number of hydrogen-bond donors (Lipinski definition) is 0. The van der Waals surface area contributed by atoms with Gasteiger partial charge in [-0.1, -0.05) is 69.8 Å². The van der Waals surface area contributed by atoms with Crippen molar-refractivity contribution < 1.29 is 0 Å². The van der Waals surface area contributed by atoms with Crippen LogP contribution in [0.1, 0.15) is 45.7 Å². The Morgan fingerprint density at radius 3 is 2.11 bits per heavy atom. The highest BCUT2D eigenvalue weighted by Gasteiger charge is 1.96. The van der Waals surface area contributed by atoms with E-state index in [9.17, 15) is 0 Å². The summed E-state index contributed by atoms with van der Waals surface area (Å²) in [5, 5.41) is 0. The summed E-state index contributed by atoms with van der Waals surface area (Å²) in [5.74, 6) is 0. The van der Waals surface area contributed by atoms with Crippen LogP contribution in [-0.2, 0) is 6.42 Å². The fourth-order valence-electron chi connectivity index (χ4n) is 1.37. The van der Waals surface area contributed by atoms with Gasteiger partial charge in [0.05, 0.1) is 0 Å². The SMILES string of the molecule is C=C/C(=C\C)c1cccc(CC)c1.C=CC.CC. The van der Waals surface area contributed by atoms with Crippen molar-refractivity contribution in [1.82, 2.24) is 0 Å². The van der Waals surface area contributed by atoms with Crippen molar-refractivity contribution in [2.45, 2.75) is 41.0 Å². The Labute approximate surface area is 114 Å². The molecule has 0 aliphatic rings. The summed E-state index contributed by atoms with van der Waals surface area (Å²) in [5.41, 5.74) is 3.84. The van der Waals surface area contributed by atoms with Gasteiger partial charge in [-0.05, 0) is 37.0 Å². The normalized spacial score (nSPS) is 9.28. The van der Waals surface area contributed by atoms with E-state index < -0.39 is 0 Å². The molecule has 0 radical (unpaired) electrons. The van der Waals surface area contributed by atoms with Gasteiger partial charge in [0.1, 0.15) is 0 Å². The Balaban J connectivity index is 0. The predicted octanol–water partition coefficient (Wildman–Crippen LogP) is 6.06. The number of allylic oxidation sites excluding steroid dienone is 4. The molecule has 0 heterocycles. The Kier molecular flexibility index (Phi) is 14.1. The van der Waals surface area contributed by atoms with Crippen molar-refractivity contribution in [1.29, 1.82) is 0 Å². The summed E-state index contributed by atoms with van der Waals surface area (Å²) in [6.07, 6.45) is 6.82. The largest absolute Gasteiger partial charge is 0.103 e. The van der Waals surface area contributed by atoms with E-state index in [0.29, 0.717) is 0 Å². The topological polar surface area (TPSA) is 0 Å². The van der Waals surface area contributed by atoms with E-state index in [1.54, 1.807) is 6.08 Å². The van der Waals surface area contributed by atoms with Crippen LogP contribution >= 0.6 is 0 Å². The molecule has 18 heavy (non-hydrogen) atoms. The highest BCUT2D eigenvalue weighted by atomic mass is 14.0. The molecule has 1 rings (SSSR count). The van der Waals surface area contributed by atoms with Crippen LogP contribution in [0, 0.1) is 0 Å². The third-order valence-corrected chi connectivity index (χ3v) is 2.20. The predicted molar refractivity (Wildman–Crippen MR) is 86.9 cm³/mol. The van der Waals surface area contributed by atoms with Gasteiger partial charge in [0, 0.05) is 0 Å². The molecule has 0 bridgehead atoms. The second kappa shape index (κ2) is 13.5. The van der Waals surface area contributed by atoms with E-state index in [-0.39, 0.29) is 0 Å². The first kappa shape index (κ1) is 18.8. The first-order valence-corrected chi connectivity index (χ1v) is 6.68. The van der Waals surface area contributed by atoms with Crippen molar-refractivity contribution in [3.8, 4) is 0 Å². The van der Waals surface area contributed by atoms with Gasteiger partial charge in [0.2, 0.25) is 0 Å². The third-order valence-electron chi connectivity index (χ3n) is 2.20. The van der Waals surface area contributed by atoms with E-state index in [1.807, 2.05) is 33.8 Å². The monoisotopic (exact) mass is 244 g/mol. The van der Waals surface area contributed by atoms with Gasteiger partial charge in [0.25, 0.3) is 0 Å². The second-order valence-electron chi connectivity index (χ2n) is 3.41. The summed E-state index contributed by atoms with van der Waals surface area (Å²) in [6.45, 7) is 17.3. The lowest BCUT2D eigenvalue weighted by atomic mass is 10.0. The third kappa shape index (κ3) is 7.67. The number of aryl methyl sites for hydroxylation is 1. The molecule has 0 aromatic heterocycles. The maximum absolute atomic E-state index is 3.80. The molecule has 0 aliphatic heterocycles. The van der Waals surface area contributed by atoms with Gasteiger partial charge >= 0.3 is 0 Å². The Bertz CT molecular complexity index is 356. The molecule has 0 spiro atoms. The lowest BCUT2D eigenvalue weighted by Crippen LogP contribution is -1.84. The van der Waals surface area contributed by atoms with Crippen LogP contribution in [0.2, 0.25) is 0 Å². The minimum atomic E-state index is 1.09. The van der Waals surface area contributed by atoms with E-state index in [4.69, 9.17) is 0 Å². The number of hydrogen-bond acceptors (Lipinski definition) is 0. The zero-order chi connectivity index (χ0) is 14.4. The summed E-state index contributed by atoms with van der Waals surface area (Å²) >= 11 is 0. The smallest absolute Gasteiger partial charge is 0.0185 e. The average Bonchev–Trinajstić information content (AvgIpc) is 2.43. The number of rotatable bonds is 3. The highest BCUT2D eigenvalue weighted by Crippen LogP contribution is 2.16. The van der Waals surface area contributed by atoms with Crippen molar-refractivity contribution in [2.75, 3.05) is 0 Å². The Hall–Kier alpha value is -1.56. The fraction of sp³-hybridized carbons (Fsp3) is 0.333. The van der Waals surface area contributed by atoms with Crippen LogP contribution in [0.4, 0.5) is 0 Å². The second-order valence-corrected chi connectivity index (χ2v) is 3.41. The van der Waals surface area contributed by atoms with Crippen LogP contribution < -0.4 is 0 Å². The van der Waals surface area contributed by atoms with E-state index >= 15 is 0 Å². The van der Waals surface area contributed by atoms with Crippen LogP contribution in [0.3, 0.4) is 0 Å². The molecular weight excluding hydrogens is 216 g/mol. The van der Waals surface area contributed by atoms with Gasteiger partial charge in [-0.3, -0.25) is 0 Å². The Morgan fingerprint density at radius 1 is 1.17 bits per heavy atom. The van der Waals surface area contributed by atoms with E-state index in [1.165, 1.54) is 16.7 Å². The highest BCUT2D eigenvalue weighted by molar-refractivity contribution is 5.73. The lowest BCUT2D eigenvalue weighted by molar-refractivity contribution is 1.14. The Morgan fingerprint density at radius 2 is 1.72 bits per heavy atom. The quantitative estimate of drug-likeness (QED) is 0.448. The molecule has 100 valence electrons. The molecule has 0 atom stereocenters. The van der Waals surface area contributed by atoms with Gasteiger partial charge < -0.3 is 0 Å².